The molecule has 3 aromatic rings. The molecule has 1 aromatic carbocycles. The highest BCUT2D eigenvalue weighted by Crippen LogP contribution is 2.41. The Kier molecular flexibility index (Phi) is 8.20. The third kappa shape index (κ3) is 6.49. The van der Waals surface area contributed by atoms with Gasteiger partial charge >= 0.3 is 0 Å². The number of amides is 1. The van der Waals surface area contributed by atoms with Crippen LogP contribution in [0.1, 0.15) is 67.1 Å². The Hall–Kier alpha value is -3.45. The van der Waals surface area contributed by atoms with Crippen molar-refractivity contribution in [3.05, 3.63) is 77.0 Å². The Morgan fingerprint density at radius 3 is 2.45 bits per heavy atom. The van der Waals surface area contributed by atoms with Crippen LogP contribution >= 0.6 is 0 Å². The predicted octanol–water partition coefficient (Wildman–Crippen LogP) is 5.77. The van der Waals surface area contributed by atoms with E-state index in [4.69, 9.17) is 0 Å². The number of hydrogen-bond acceptors (Lipinski definition) is 5. The molecule has 3 atom stereocenters. The number of benzene rings is 1. The molecule has 5 heterocycles. The molecule has 2 saturated heterocycles. The minimum Gasteiger partial charge on any atom is -0.325 e. The lowest BCUT2D eigenvalue weighted by Gasteiger charge is -2.40. The van der Waals surface area contributed by atoms with Gasteiger partial charge in [-0.3, -0.25) is 19.6 Å². The Balaban J connectivity index is 1.11. The van der Waals surface area contributed by atoms with Crippen LogP contribution in [0.15, 0.2) is 42.9 Å². The standard InChI is InChI=1S/C31H34F6N6O/c1-19(29(44)40-27-18-43-26(2-3-28(43)39-27)21-11-23(32)13-24(33)12-21)42-9-6-31(36,37)25(17-42)22-10-20(14-38-15-22)16-41-7-4-30(34,35)5-8-41/h10-15,18-19,25-26H,2-9,16-17H2,1H3,(H,40,44)/t19-,25?,26+/m0/s1. The molecular formula is C31H34F6N6O. The van der Waals surface area contributed by atoms with Gasteiger partial charge in [-0.2, -0.15) is 0 Å². The molecule has 0 bridgehead atoms. The van der Waals surface area contributed by atoms with Gasteiger partial charge in [0.05, 0.1) is 18.0 Å². The first-order chi connectivity index (χ1) is 20.9. The number of imidazole rings is 1. The van der Waals surface area contributed by atoms with Crippen molar-refractivity contribution in [3.63, 3.8) is 0 Å². The maximum atomic E-state index is 15.2. The minimum atomic E-state index is -3.02. The van der Waals surface area contributed by atoms with Crippen molar-refractivity contribution in [2.75, 3.05) is 31.5 Å². The number of aromatic nitrogens is 3. The summed E-state index contributed by atoms with van der Waals surface area (Å²) in [4.78, 5) is 25.5. The molecule has 2 aromatic heterocycles. The first kappa shape index (κ1) is 30.6. The number of rotatable bonds is 7. The Bertz CT molecular complexity index is 1500. The Labute approximate surface area is 251 Å². The van der Waals surface area contributed by atoms with Crippen LogP contribution in [0.3, 0.4) is 0 Å². The smallest absolute Gasteiger partial charge is 0.257 e. The van der Waals surface area contributed by atoms with Crippen molar-refractivity contribution >= 4 is 11.7 Å². The summed E-state index contributed by atoms with van der Waals surface area (Å²) in [6, 6.07) is 3.98. The molecule has 7 nitrogen and oxygen atoms in total. The summed E-state index contributed by atoms with van der Waals surface area (Å²) in [7, 11) is 0. The molecule has 1 N–H and O–H groups in total. The van der Waals surface area contributed by atoms with Crippen molar-refractivity contribution < 1.29 is 31.1 Å². The van der Waals surface area contributed by atoms with Gasteiger partial charge < -0.3 is 9.88 Å². The largest absolute Gasteiger partial charge is 0.325 e. The lowest BCUT2D eigenvalue weighted by atomic mass is 9.86. The number of pyridine rings is 1. The highest BCUT2D eigenvalue weighted by Gasteiger charge is 2.46. The SMILES string of the molecule is C[C@@H](C(=O)Nc1cn2c(n1)CC[C@@H]2c1cc(F)cc(F)c1)N1CCC(F)(F)C(c2cncc(CN3CCC(F)(F)CC3)c2)C1. The lowest BCUT2D eigenvalue weighted by Crippen LogP contribution is -2.52. The van der Waals surface area contributed by atoms with Gasteiger partial charge in [0, 0.05) is 83.1 Å². The van der Waals surface area contributed by atoms with Gasteiger partial charge in [-0.25, -0.2) is 31.3 Å². The molecule has 6 rings (SSSR count). The summed E-state index contributed by atoms with van der Waals surface area (Å²) in [6.07, 6.45) is 4.89. The summed E-state index contributed by atoms with van der Waals surface area (Å²) >= 11 is 0. The average molecular weight is 621 g/mol. The highest BCUT2D eigenvalue weighted by atomic mass is 19.3. The molecule has 13 heteroatoms. The van der Waals surface area contributed by atoms with Crippen LogP contribution in [0.5, 0.6) is 0 Å². The van der Waals surface area contributed by atoms with E-state index in [2.05, 4.69) is 15.3 Å². The van der Waals surface area contributed by atoms with Crippen LogP contribution in [0.4, 0.5) is 32.2 Å². The summed E-state index contributed by atoms with van der Waals surface area (Å²) in [5.41, 5.74) is 1.50. The molecule has 0 saturated carbocycles. The number of nitrogens with zero attached hydrogens (tertiary/aromatic N) is 5. The topological polar surface area (TPSA) is 66.3 Å². The zero-order valence-electron chi connectivity index (χ0n) is 24.3. The van der Waals surface area contributed by atoms with Gasteiger partial charge in [-0.15, -0.1) is 0 Å². The number of carbonyl (C=O) groups is 1. The number of piperidine rings is 2. The van der Waals surface area contributed by atoms with Crippen LogP contribution in [0.25, 0.3) is 0 Å². The molecule has 1 unspecified atom stereocenters. The number of hydrogen-bond donors (Lipinski definition) is 1. The normalized spacial score (nSPS) is 24.2. The van der Waals surface area contributed by atoms with Crippen molar-refractivity contribution in [1.82, 2.24) is 24.3 Å². The maximum Gasteiger partial charge on any atom is 0.257 e. The molecule has 3 aliphatic rings. The minimum absolute atomic E-state index is 0.0140. The summed E-state index contributed by atoms with van der Waals surface area (Å²) in [5, 5.41) is 2.78. The first-order valence-electron chi connectivity index (χ1n) is 14.9. The van der Waals surface area contributed by atoms with Gasteiger partial charge in [-0.1, -0.05) is 6.07 Å². The van der Waals surface area contributed by atoms with E-state index in [0.29, 0.717) is 41.9 Å². The van der Waals surface area contributed by atoms with Crippen molar-refractivity contribution in [2.45, 2.75) is 75.4 Å². The van der Waals surface area contributed by atoms with Gasteiger partial charge in [0.25, 0.3) is 11.8 Å². The first-order valence-corrected chi connectivity index (χ1v) is 14.9. The zero-order chi connectivity index (χ0) is 31.2. The van der Waals surface area contributed by atoms with E-state index in [0.717, 1.165) is 6.07 Å². The monoisotopic (exact) mass is 620 g/mol. The van der Waals surface area contributed by atoms with E-state index in [1.165, 1.54) is 18.3 Å². The van der Waals surface area contributed by atoms with E-state index in [9.17, 15) is 22.4 Å². The summed E-state index contributed by atoms with van der Waals surface area (Å²) in [5.74, 6) is -7.68. The second-order valence-corrected chi connectivity index (χ2v) is 12.2. The van der Waals surface area contributed by atoms with Crippen LogP contribution in [0, 0.1) is 11.6 Å². The molecular weight excluding hydrogens is 586 g/mol. The summed E-state index contributed by atoms with van der Waals surface area (Å²) < 4.78 is 87.0. The lowest BCUT2D eigenvalue weighted by molar-refractivity contribution is -0.125. The quantitative estimate of drug-likeness (QED) is 0.340. The van der Waals surface area contributed by atoms with Gasteiger partial charge in [0.1, 0.15) is 17.5 Å². The van der Waals surface area contributed by atoms with E-state index >= 15 is 8.78 Å². The molecule has 1 amide bonds. The Morgan fingerprint density at radius 2 is 1.73 bits per heavy atom. The molecule has 3 aliphatic heterocycles. The molecule has 0 aliphatic carbocycles. The predicted molar refractivity (Wildman–Crippen MR) is 151 cm³/mol. The number of nitrogens with one attached hydrogen (secondary N) is 1. The van der Waals surface area contributed by atoms with E-state index in [1.54, 1.807) is 34.9 Å². The van der Waals surface area contributed by atoms with Crippen LogP contribution in [-0.2, 0) is 17.8 Å². The van der Waals surface area contributed by atoms with Crippen LogP contribution in [-0.4, -0.2) is 74.3 Å². The van der Waals surface area contributed by atoms with Crippen LogP contribution in [0.2, 0.25) is 0 Å². The number of aryl methyl sites for hydroxylation is 1. The number of likely N-dealkylation sites (tertiary alicyclic amines) is 2. The maximum absolute atomic E-state index is 15.2. The molecule has 44 heavy (non-hydrogen) atoms. The number of alkyl halides is 4. The molecule has 0 spiro atoms. The fraction of sp³-hybridized carbons (Fsp3) is 0.516. The highest BCUT2D eigenvalue weighted by molar-refractivity contribution is 5.93. The van der Waals surface area contributed by atoms with E-state index in [-0.39, 0.29) is 50.9 Å². The number of anilines is 1. The Morgan fingerprint density at radius 1 is 1.00 bits per heavy atom. The summed E-state index contributed by atoms with van der Waals surface area (Å²) in [6.45, 7) is 2.39. The van der Waals surface area contributed by atoms with Crippen molar-refractivity contribution in [1.29, 1.82) is 0 Å². The van der Waals surface area contributed by atoms with Gasteiger partial charge in [0.15, 0.2) is 5.82 Å². The second-order valence-electron chi connectivity index (χ2n) is 12.2. The second kappa shape index (κ2) is 11.8. The van der Waals surface area contributed by atoms with Crippen molar-refractivity contribution in [3.8, 4) is 0 Å². The third-order valence-electron chi connectivity index (χ3n) is 9.11. The van der Waals surface area contributed by atoms with Crippen molar-refractivity contribution in [2.24, 2.45) is 0 Å². The van der Waals surface area contributed by atoms with Crippen LogP contribution < -0.4 is 5.32 Å². The average Bonchev–Trinajstić information content (AvgIpc) is 3.53. The molecule has 0 radical (unpaired) electrons. The van der Waals surface area contributed by atoms with E-state index < -0.39 is 47.8 Å². The fourth-order valence-corrected chi connectivity index (χ4v) is 6.55. The number of fused-ring (bicyclic) bond motifs is 1. The third-order valence-corrected chi connectivity index (χ3v) is 9.11. The van der Waals surface area contributed by atoms with Gasteiger partial charge in [0.2, 0.25) is 5.91 Å². The molecule has 236 valence electrons. The zero-order valence-corrected chi connectivity index (χ0v) is 24.3. The molecule has 2 fully saturated rings. The number of halogens is 6. The van der Waals surface area contributed by atoms with Gasteiger partial charge in [-0.05, 0) is 42.2 Å². The fourth-order valence-electron chi connectivity index (χ4n) is 6.55. The number of carbonyl (C=O) groups excluding carboxylic acids is 1. The van der Waals surface area contributed by atoms with E-state index in [1.807, 2.05) is 4.90 Å².